The molecule has 0 spiro atoms. The Labute approximate surface area is 333 Å². The van der Waals surface area contributed by atoms with Gasteiger partial charge in [-0.25, -0.2) is 9.98 Å². The van der Waals surface area contributed by atoms with E-state index in [1.54, 1.807) is 0 Å². The van der Waals surface area contributed by atoms with Crippen LogP contribution in [-0.4, -0.2) is 30.0 Å². The summed E-state index contributed by atoms with van der Waals surface area (Å²) in [4.78, 5) is 10.9. The monoisotopic (exact) mass is 735 g/mol. The maximum absolute atomic E-state index is 6.90. The summed E-state index contributed by atoms with van der Waals surface area (Å²) in [5.74, 6) is 4.03. The van der Waals surface area contributed by atoms with Crippen LogP contribution in [0, 0.1) is 40.9 Å². The summed E-state index contributed by atoms with van der Waals surface area (Å²) in [5, 5.41) is 3.82. The van der Waals surface area contributed by atoms with Crippen molar-refractivity contribution < 1.29 is 4.74 Å². The molecule has 8 aliphatic carbocycles. The van der Waals surface area contributed by atoms with Gasteiger partial charge in [0.2, 0.25) is 0 Å². The number of amidine groups is 2. The lowest BCUT2D eigenvalue weighted by Crippen LogP contribution is -2.54. The van der Waals surface area contributed by atoms with Gasteiger partial charge < -0.3 is 10.1 Å². The van der Waals surface area contributed by atoms with Gasteiger partial charge >= 0.3 is 0 Å². The fourth-order valence-electron chi connectivity index (χ4n) is 11.0. The van der Waals surface area contributed by atoms with Gasteiger partial charge in [0.25, 0.3) is 0 Å². The van der Waals surface area contributed by atoms with Crippen molar-refractivity contribution in [2.45, 2.75) is 69.7 Å². The maximum Gasteiger partial charge on any atom is 0.155 e. The van der Waals surface area contributed by atoms with Crippen molar-refractivity contribution in [3.05, 3.63) is 192 Å². The first-order chi connectivity index (χ1) is 27.8. The minimum atomic E-state index is -0.187. The second-order valence-electron chi connectivity index (χ2n) is 16.8. The van der Waals surface area contributed by atoms with E-state index in [0.717, 1.165) is 63.0 Å². The molecule has 0 saturated carbocycles. The molecule has 4 nitrogen and oxygen atoms in total. The van der Waals surface area contributed by atoms with Crippen molar-refractivity contribution in [2.24, 2.45) is 50.9 Å². The Morgan fingerprint density at radius 1 is 0.661 bits per heavy atom. The van der Waals surface area contributed by atoms with Crippen LogP contribution < -0.4 is 5.32 Å². The second kappa shape index (κ2) is 15.5. The Morgan fingerprint density at radius 2 is 1.46 bits per heavy atom. The number of allylic oxidation sites excluding steroid dienone is 24. The maximum atomic E-state index is 6.90. The Morgan fingerprint density at radius 3 is 2.29 bits per heavy atom. The summed E-state index contributed by atoms with van der Waals surface area (Å²) < 4.78 is 6.90. The molecule has 10 rings (SSSR count). The van der Waals surface area contributed by atoms with Gasteiger partial charge in [-0.3, -0.25) is 0 Å². The van der Waals surface area contributed by atoms with Crippen LogP contribution in [0.5, 0.6) is 0 Å². The van der Waals surface area contributed by atoms with E-state index in [1.165, 1.54) is 27.9 Å². The number of nitrogens with zero attached hydrogens (tertiary/aromatic N) is 2. The van der Waals surface area contributed by atoms with Crippen LogP contribution >= 0.6 is 0 Å². The van der Waals surface area contributed by atoms with Gasteiger partial charge in [0.05, 0.1) is 12.2 Å². The van der Waals surface area contributed by atoms with Gasteiger partial charge in [-0.15, -0.1) is 0 Å². The largest absolute Gasteiger partial charge is 0.366 e. The third kappa shape index (κ3) is 6.46. The Hall–Kier alpha value is -5.06. The van der Waals surface area contributed by atoms with Gasteiger partial charge in [0.15, 0.2) is 5.84 Å². The first-order valence-corrected chi connectivity index (χ1v) is 21.2. The average molecular weight is 736 g/mol. The normalized spacial score (nSPS) is 37.7. The van der Waals surface area contributed by atoms with Crippen LogP contribution in [0.2, 0.25) is 0 Å². The molecule has 2 aliphatic heterocycles. The molecule has 2 heterocycles. The SMILES string of the molecule is C1=CCC(C2=NC(C3=C(C4C=CC=C(C5(C6C=CC=CC6)C6=CC=CCC6OC6C=CC=CC65)C4)C=CCC3)=NC(C3=CCC(C4C=CC=CC4)C=C3)N2)C=C1. The molecule has 0 aromatic heterocycles. The predicted octanol–water partition coefficient (Wildman–Crippen LogP) is 11.1. The molecule has 1 fully saturated rings. The van der Waals surface area contributed by atoms with Crippen LogP contribution in [-0.2, 0) is 4.74 Å². The topological polar surface area (TPSA) is 46.0 Å². The number of hydrogen-bond acceptors (Lipinski definition) is 4. The van der Waals surface area contributed by atoms with E-state index in [1.807, 2.05) is 0 Å². The lowest BCUT2D eigenvalue weighted by atomic mass is 9.50. The molecule has 56 heavy (non-hydrogen) atoms. The van der Waals surface area contributed by atoms with Crippen molar-refractivity contribution in [2.75, 3.05) is 0 Å². The molecule has 0 bridgehead atoms. The van der Waals surface area contributed by atoms with Crippen molar-refractivity contribution in [3.63, 3.8) is 0 Å². The van der Waals surface area contributed by atoms with Crippen molar-refractivity contribution in [1.82, 2.24) is 5.32 Å². The molecule has 0 amide bonds. The Kier molecular flexibility index (Phi) is 9.77. The number of aliphatic imine (C=N–C) groups is 2. The molecule has 10 aliphatic rings. The molecule has 282 valence electrons. The van der Waals surface area contributed by atoms with Crippen LogP contribution in [0.4, 0.5) is 0 Å². The third-order valence-corrected chi connectivity index (χ3v) is 13.7. The first-order valence-electron chi connectivity index (χ1n) is 21.2. The zero-order valence-electron chi connectivity index (χ0n) is 32.2. The number of fused-ring (bicyclic) bond motifs is 2. The number of hydrogen-bond donors (Lipinski definition) is 1. The second-order valence-corrected chi connectivity index (χ2v) is 16.8. The molecule has 10 unspecified atom stereocenters. The standard InChI is InChI=1S/C52H53N3O/c1-4-17-36(18-5-1)37-31-33-39(34-32-37)50-53-49(38-19-6-2-7-20-38)54-51(55-50)44-26-11-10-25-43(44)40-21-16-24-42(35-40)52(41-22-8-3-9-23-41)45-27-12-14-29-47(45)56-48-30-15-13-28-46(48)52/h1-10,12-17,19,21-22,24-25,27-29,31,33-34,36-38,40-41,45,47-48,50H,11,18,20,23,26,30,32,35H2,(H,53,54,55). The molecule has 1 saturated heterocycles. The Bertz CT molecular complexity index is 2180. The number of ether oxygens (including phenoxy) is 1. The van der Waals surface area contributed by atoms with Gasteiger partial charge in [0, 0.05) is 28.7 Å². The summed E-state index contributed by atoms with van der Waals surface area (Å²) in [6, 6.07) is 0. The highest BCUT2D eigenvalue weighted by atomic mass is 16.5. The summed E-state index contributed by atoms with van der Waals surface area (Å²) >= 11 is 0. The molecule has 10 atom stereocenters. The smallest absolute Gasteiger partial charge is 0.155 e. The summed E-state index contributed by atoms with van der Waals surface area (Å²) in [6.07, 6.45) is 70.6. The highest BCUT2D eigenvalue weighted by Gasteiger charge is 2.57. The van der Waals surface area contributed by atoms with E-state index in [-0.39, 0.29) is 41.5 Å². The van der Waals surface area contributed by atoms with E-state index in [0.29, 0.717) is 17.8 Å². The highest BCUT2D eigenvalue weighted by molar-refractivity contribution is 6.09. The van der Waals surface area contributed by atoms with E-state index in [2.05, 4.69) is 169 Å². The molecular weight excluding hydrogens is 683 g/mol. The molecule has 1 N–H and O–H groups in total. The molecule has 0 aromatic carbocycles. The van der Waals surface area contributed by atoms with Gasteiger partial charge in [-0.2, -0.15) is 0 Å². The lowest BCUT2D eigenvalue weighted by molar-refractivity contribution is -0.0688. The fraction of sp³-hybridized carbons (Fsp3) is 0.346. The van der Waals surface area contributed by atoms with Crippen molar-refractivity contribution >= 4 is 11.7 Å². The summed E-state index contributed by atoms with van der Waals surface area (Å²) in [5.41, 5.74) is 6.70. The highest BCUT2D eigenvalue weighted by Crippen LogP contribution is 2.61. The lowest BCUT2D eigenvalue weighted by Gasteiger charge is -2.57. The zero-order valence-corrected chi connectivity index (χ0v) is 32.2. The third-order valence-electron chi connectivity index (χ3n) is 13.7. The van der Waals surface area contributed by atoms with Crippen molar-refractivity contribution in [1.29, 1.82) is 0 Å². The van der Waals surface area contributed by atoms with Gasteiger partial charge in [0.1, 0.15) is 12.0 Å². The van der Waals surface area contributed by atoms with Gasteiger partial charge in [-0.1, -0.05) is 170 Å². The summed E-state index contributed by atoms with van der Waals surface area (Å²) in [7, 11) is 0. The number of nitrogens with one attached hydrogen (secondary N) is 1. The first kappa shape index (κ1) is 35.4. The van der Waals surface area contributed by atoms with E-state index >= 15 is 0 Å². The van der Waals surface area contributed by atoms with E-state index < -0.39 is 0 Å². The minimum absolute atomic E-state index is 0.0504. The summed E-state index contributed by atoms with van der Waals surface area (Å²) in [6.45, 7) is 0. The number of rotatable bonds is 7. The van der Waals surface area contributed by atoms with Crippen LogP contribution in [0.15, 0.2) is 202 Å². The quantitative estimate of drug-likeness (QED) is 0.283. The van der Waals surface area contributed by atoms with Crippen molar-refractivity contribution in [3.8, 4) is 0 Å². The van der Waals surface area contributed by atoms with Crippen LogP contribution in [0.1, 0.15) is 51.4 Å². The van der Waals surface area contributed by atoms with E-state index in [4.69, 9.17) is 14.7 Å². The molecule has 4 heteroatoms. The van der Waals surface area contributed by atoms with Crippen LogP contribution in [0.25, 0.3) is 0 Å². The fourth-order valence-corrected chi connectivity index (χ4v) is 11.0. The van der Waals surface area contributed by atoms with Gasteiger partial charge in [-0.05, 0) is 85.8 Å². The molecule has 0 radical (unpaired) electrons. The predicted molar refractivity (Wildman–Crippen MR) is 232 cm³/mol. The Balaban J connectivity index is 1.02. The zero-order chi connectivity index (χ0) is 37.3. The van der Waals surface area contributed by atoms with E-state index in [9.17, 15) is 0 Å². The molecular formula is C52H53N3O. The minimum Gasteiger partial charge on any atom is -0.366 e. The molecule has 0 aromatic rings. The van der Waals surface area contributed by atoms with Crippen LogP contribution in [0.3, 0.4) is 0 Å². The average Bonchev–Trinajstić information content (AvgIpc) is 3.29.